The predicted molar refractivity (Wildman–Crippen MR) is 84.7 cm³/mol. The molecule has 0 saturated heterocycles. The van der Waals surface area contributed by atoms with Crippen molar-refractivity contribution in [1.29, 1.82) is 0 Å². The van der Waals surface area contributed by atoms with Crippen LogP contribution in [0.1, 0.15) is 15.2 Å². The van der Waals surface area contributed by atoms with Crippen molar-refractivity contribution in [3.05, 3.63) is 37.4 Å². The Bertz CT molecular complexity index is 901. The maximum atomic E-state index is 11.8. The van der Waals surface area contributed by atoms with Gasteiger partial charge < -0.3 is 9.72 Å². The monoisotopic (exact) mass is 356 g/mol. The highest BCUT2D eigenvalue weighted by molar-refractivity contribution is 7.98. The summed E-state index contributed by atoms with van der Waals surface area (Å²) < 4.78 is 5.17. The van der Waals surface area contributed by atoms with Gasteiger partial charge in [0.25, 0.3) is 5.56 Å². The number of nitrogens with zero attached hydrogens (tertiary/aromatic N) is 2. The van der Waals surface area contributed by atoms with E-state index < -0.39 is 5.97 Å². The maximum absolute atomic E-state index is 11.8. The molecular formula is C12H9ClN4O3S2. The van der Waals surface area contributed by atoms with E-state index in [0.29, 0.717) is 31.2 Å². The number of hydrogen-bond donors (Lipinski definition) is 2. The van der Waals surface area contributed by atoms with Gasteiger partial charge in [0.2, 0.25) is 0 Å². The summed E-state index contributed by atoms with van der Waals surface area (Å²) in [5.41, 5.74) is 0.954. The highest BCUT2D eigenvalue weighted by Gasteiger charge is 2.15. The summed E-state index contributed by atoms with van der Waals surface area (Å²) in [6, 6.07) is 1.68. The lowest BCUT2D eigenvalue weighted by Gasteiger charge is -1.99. The van der Waals surface area contributed by atoms with Crippen LogP contribution in [0.3, 0.4) is 0 Å². The fraction of sp³-hybridized carbons (Fsp3) is 0.167. The summed E-state index contributed by atoms with van der Waals surface area (Å²) in [6.45, 7) is 0. The number of hydrogen-bond acceptors (Lipinski definition) is 7. The first-order valence-corrected chi connectivity index (χ1v) is 8.19. The molecule has 0 radical (unpaired) electrons. The van der Waals surface area contributed by atoms with E-state index in [1.807, 2.05) is 0 Å². The van der Waals surface area contributed by atoms with Crippen LogP contribution in [0.2, 0.25) is 4.34 Å². The van der Waals surface area contributed by atoms with Crippen molar-refractivity contribution >= 4 is 51.7 Å². The van der Waals surface area contributed by atoms with Crippen LogP contribution in [-0.4, -0.2) is 33.2 Å². The van der Waals surface area contributed by atoms with Gasteiger partial charge in [0.05, 0.1) is 17.6 Å². The molecule has 0 amide bonds. The standard InChI is InChI=1S/C12H9ClN4O3S2/c1-20-11(19)7-2-5(8(13)22-7)4-21-12-15-9-6(3-14-17-9)10(18)16-12/h2-3H,4H2,1H3,(H2,14,15,16,17,18). The van der Waals surface area contributed by atoms with Gasteiger partial charge in [0.15, 0.2) is 10.8 Å². The Morgan fingerprint density at radius 3 is 3.14 bits per heavy atom. The highest BCUT2D eigenvalue weighted by Crippen LogP contribution is 2.32. The maximum Gasteiger partial charge on any atom is 0.348 e. The Labute approximate surface area is 137 Å². The third kappa shape index (κ3) is 2.87. The lowest BCUT2D eigenvalue weighted by molar-refractivity contribution is 0.0606. The molecule has 0 aliphatic carbocycles. The molecular weight excluding hydrogens is 348 g/mol. The van der Waals surface area contributed by atoms with Crippen LogP contribution in [0.5, 0.6) is 0 Å². The second-order valence-electron chi connectivity index (χ2n) is 4.19. The molecule has 114 valence electrons. The summed E-state index contributed by atoms with van der Waals surface area (Å²) in [6.07, 6.45) is 1.42. The van der Waals surface area contributed by atoms with Gasteiger partial charge in [-0.15, -0.1) is 11.3 Å². The van der Waals surface area contributed by atoms with Gasteiger partial charge in [-0.1, -0.05) is 23.4 Å². The molecule has 10 heteroatoms. The number of nitrogens with one attached hydrogen (secondary N) is 2. The summed E-state index contributed by atoms with van der Waals surface area (Å²) in [5, 5.41) is 7.29. The van der Waals surface area contributed by atoms with Crippen LogP contribution in [0.25, 0.3) is 11.0 Å². The van der Waals surface area contributed by atoms with Gasteiger partial charge in [-0.3, -0.25) is 9.89 Å². The molecule has 0 aliphatic heterocycles. The molecule has 22 heavy (non-hydrogen) atoms. The van der Waals surface area contributed by atoms with Gasteiger partial charge in [-0.2, -0.15) is 5.10 Å². The molecule has 0 atom stereocenters. The number of esters is 1. The fourth-order valence-electron chi connectivity index (χ4n) is 1.75. The molecule has 2 N–H and O–H groups in total. The molecule has 7 nitrogen and oxygen atoms in total. The number of halogens is 1. The molecule has 0 aromatic carbocycles. The quantitative estimate of drug-likeness (QED) is 0.423. The number of carbonyl (C=O) groups is 1. The van der Waals surface area contributed by atoms with E-state index in [-0.39, 0.29) is 5.56 Å². The number of rotatable bonds is 4. The molecule has 0 unspecified atom stereocenters. The zero-order valence-corrected chi connectivity index (χ0v) is 13.6. The average molecular weight is 357 g/mol. The number of fused-ring (bicyclic) bond motifs is 1. The predicted octanol–water partition coefficient (Wildman–Crippen LogP) is 2.44. The number of thioether (sulfide) groups is 1. The van der Waals surface area contributed by atoms with E-state index in [0.717, 1.165) is 16.9 Å². The van der Waals surface area contributed by atoms with E-state index in [1.165, 1.54) is 25.1 Å². The van der Waals surface area contributed by atoms with Crippen LogP contribution in [0.4, 0.5) is 0 Å². The zero-order chi connectivity index (χ0) is 15.7. The summed E-state index contributed by atoms with van der Waals surface area (Å²) >= 11 is 8.58. The smallest absolute Gasteiger partial charge is 0.348 e. The molecule has 3 rings (SSSR count). The number of aromatic amines is 2. The second-order valence-corrected chi connectivity index (χ2v) is 6.81. The van der Waals surface area contributed by atoms with Crippen molar-refractivity contribution in [1.82, 2.24) is 20.2 Å². The number of thiophene rings is 1. The Morgan fingerprint density at radius 1 is 1.55 bits per heavy atom. The normalized spacial score (nSPS) is 11.0. The van der Waals surface area contributed by atoms with Crippen molar-refractivity contribution in [3.8, 4) is 0 Å². The van der Waals surface area contributed by atoms with Gasteiger partial charge in [0, 0.05) is 5.75 Å². The minimum atomic E-state index is -0.423. The number of ether oxygens (including phenoxy) is 1. The largest absolute Gasteiger partial charge is 0.465 e. The van der Waals surface area contributed by atoms with Crippen LogP contribution in [0.15, 0.2) is 22.2 Å². The summed E-state index contributed by atoms with van der Waals surface area (Å²) in [7, 11) is 1.32. The van der Waals surface area contributed by atoms with Crippen molar-refractivity contribution in [2.24, 2.45) is 0 Å². The van der Waals surface area contributed by atoms with Crippen LogP contribution < -0.4 is 5.56 Å². The van der Waals surface area contributed by atoms with E-state index in [2.05, 4.69) is 24.9 Å². The minimum Gasteiger partial charge on any atom is -0.465 e. The van der Waals surface area contributed by atoms with Gasteiger partial charge in [0.1, 0.15) is 10.3 Å². The Hall–Kier alpha value is -1.84. The van der Waals surface area contributed by atoms with Crippen molar-refractivity contribution in [3.63, 3.8) is 0 Å². The molecule has 0 spiro atoms. The van der Waals surface area contributed by atoms with Crippen molar-refractivity contribution < 1.29 is 9.53 Å². The van der Waals surface area contributed by atoms with Crippen LogP contribution >= 0.6 is 34.7 Å². The lowest BCUT2D eigenvalue weighted by Crippen LogP contribution is -2.08. The Kier molecular flexibility index (Phi) is 4.19. The molecule has 0 saturated carbocycles. The van der Waals surface area contributed by atoms with E-state index in [4.69, 9.17) is 11.6 Å². The molecule has 3 aromatic heterocycles. The van der Waals surface area contributed by atoms with Crippen molar-refractivity contribution in [2.75, 3.05) is 7.11 Å². The topological polar surface area (TPSA) is 101 Å². The number of carbonyl (C=O) groups excluding carboxylic acids is 1. The summed E-state index contributed by atoms with van der Waals surface area (Å²) in [4.78, 5) is 30.7. The first kappa shape index (κ1) is 15.1. The highest BCUT2D eigenvalue weighted by atomic mass is 35.5. The minimum absolute atomic E-state index is 0.257. The van der Waals surface area contributed by atoms with Crippen LogP contribution in [0, 0.1) is 0 Å². The number of H-pyrrole nitrogens is 2. The first-order valence-electron chi connectivity index (χ1n) is 6.01. The van der Waals surface area contributed by atoms with Gasteiger partial charge in [-0.25, -0.2) is 9.78 Å². The zero-order valence-electron chi connectivity index (χ0n) is 11.2. The number of aromatic nitrogens is 4. The third-order valence-corrected chi connectivity index (χ3v) is 5.15. The lowest BCUT2D eigenvalue weighted by atomic mass is 10.3. The first-order chi connectivity index (χ1) is 10.6. The molecule has 0 bridgehead atoms. The Morgan fingerprint density at radius 2 is 2.36 bits per heavy atom. The SMILES string of the molecule is COC(=O)c1cc(CSc2nc3[nH]ncc3c(=O)[nH]2)c(Cl)s1. The van der Waals surface area contributed by atoms with E-state index in [1.54, 1.807) is 6.07 Å². The van der Waals surface area contributed by atoms with E-state index in [9.17, 15) is 9.59 Å². The van der Waals surface area contributed by atoms with Crippen LogP contribution in [-0.2, 0) is 10.5 Å². The molecule has 3 heterocycles. The third-order valence-electron chi connectivity index (χ3n) is 2.81. The molecule has 0 aliphatic rings. The second kappa shape index (κ2) is 6.11. The summed E-state index contributed by atoms with van der Waals surface area (Å²) in [5.74, 6) is 0.0445. The fourth-order valence-corrected chi connectivity index (χ4v) is 3.95. The van der Waals surface area contributed by atoms with Gasteiger partial charge >= 0.3 is 5.97 Å². The molecule has 0 fully saturated rings. The molecule has 3 aromatic rings. The van der Waals surface area contributed by atoms with E-state index >= 15 is 0 Å². The average Bonchev–Trinajstić information content (AvgIpc) is 3.11. The van der Waals surface area contributed by atoms with Crippen molar-refractivity contribution in [2.45, 2.75) is 10.9 Å². The van der Waals surface area contributed by atoms with Gasteiger partial charge in [-0.05, 0) is 11.6 Å². The number of methoxy groups -OCH3 is 1. The Balaban J connectivity index is 1.80.